The second kappa shape index (κ2) is 5.73. The van der Waals surface area contributed by atoms with Crippen LogP contribution in [0.5, 0.6) is 0 Å². The van der Waals surface area contributed by atoms with E-state index in [1.807, 2.05) is 38.1 Å². The van der Waals surface area contributed by atoms with Gasteiger partial charge in [0.15, 0.2) is 4.75 Å². The molecule has 0 aliphatic carbocycles. The van der Waals surface area contributed by atoms with E-state index >= 15 is 0 Å². The minimum atomic E-state index is -1.23. The summed E-state index contributed by atoms with van der Waals surface area (Å²) >= 11 is 1.26. The van der Waals surface area contributed by atoms with Crippen molar-refractivity contribution in [3.8, 4) is 0 Å². The smallest absolute Gasteiger partial charge is 0.250 e. The van der Waals surface area contributed by atoms with Crippen molar-refractivity contribution in [3.05, 3.63) is 36.2 Å². The molecule has 1 aliphatic heterocycles. The lowest BCUT2D eigenvalue weighted by Crippen LogP contribution is -2.49. The molecule has 1 aromatic heterocycles. The summed E-state index contributed by atoms with van der Waals surface area (Å²) in [5, 5.41) is 9.84. The molecule has 7 heteroatoms. The van der Waals surface area contributed by atoms with Gasteiger partial charge in [0.2, 0.25) is 11.8 Å². The third-order valence-electron chi connectivity index (χ3n) is 3.97. The Balaban J connectivity index is 1.86. The Labute approximate surface area is 138 Å². The topological polar surface area (TPSA) is 76.0 Å². The summed E-state index contributed by atoms with van der Waals surface area (Å²) in [7, 11) is 0. The van der Waals surface area contributed by atoms with Crippen molar-refractivity contribution in [1.82, 2.24) is 9.78 Å². The SMILES string of the molecule is CCn1ncc(NC(=O)C2(C)Sc3ccccc3NC2=O)c1C. The van der Waals surface area contributed by atoms with Crippen LogP contribution in [0, 0.1) is 6.92 Å². The fourth-order valence-electron chi connectivity index (χ4n) is 2.45. The Morgan fingerprint density at radius 2 is 2.17 bits per heavy atom. The highest BCUT2D eigenvalue weighted by molar-refractivity contribution is 8.02. The number of rotatable bonds is 3. The first-order valence-corrected chi connectivity index (χ1v) is 8.20. The van der Waals surface area contributed by atoms with E-state index < -0.39 is 4.75 Å². The highest BCUT2D eigenvalue weighted by Gasteiger charge is 2.46. The maximum atomic E-state index is 12.7. The van der Waals surface area contributed by atoms with Gasteiger partial charge in [-0.15, -0.1) is 0 Å². The van der Waals surface area contributed by atoms with Crippen LogP contribution in [0.1, 0.15) is 19.5 Å². The number of para-hydroxylation sites is 1. The molecule has 1 atom stereocenters. The van der Waals surface area contributed by atoms with Crippen LogP contribution in [0.2, 0.25) is 0 Å². The number of carbonyl (C=O) groups excluding carboxylic acids is 2. The number of hydrogen-bond donors (Lipinski definition) is 2. The Morgan fingerprint density at radius 3 is 2.87 bits per heavy atom. The number of aryl methyl sites for hydroxylation is 1. The highest BCUT2D eigenvalue weighted by Crippen LogP contribution is 2.42. The first-order valence-electron chi connectivity index (χ1n) is 7.39. The number of benzene rings is 1. The molecule has 0 spiro atoms. The van der Waals surface area contributed by atoms with Crippen LogP contribution >= 0.6 is 11.8 Å². The van der Waals surface area contributed by atoms with E-state index in [1.165, 1.54) is 11.8 Å². The average Bonchev–Trinajstić information content (AvgIpc) is 2.88. The molecule has 23 heavy (non-hydrogen) atoms. The van der Waals surface area contributed by atoms with Gasteiger partial charge >= 0.3 is 0 Å². The Kier molecular flexibility index (Phi) is 3.89. The summed E-state index contributed by atoms with van der Waals surface area (Å²) in [5.74, 6) is -0.674. The van der Waals surface area contributed by atoms with Crippen LogP contribution in [-0.4, -0.2) is 26.3 Å². The van der Waals surface area contributed by atoms with Gasteiger partial charge in [0, 0.05) is 11.4 Å². The normalized spacial score (nSPS) is 19.9. The molecule has 6 nitrogen and oxygen atoms in total. The zero-order valence-corrected chi connectivity index (χ0v) is 14.0. The molecule has 3 rings (SSSR count). The summed E-state index contributed by atoms with van der Waals surface area (Å²) < 4.78 is 0.566. The maximum absolute atomic E-state index is 12.7. The monoisotopic (exact) mass is 330 g/mol. The van der Waals surface area contributed by atoms with Gasteiger partial charge < -0.3 is 10.6 Å². The molecule has 2 amide bonds. The van der Waals surface area contributed by atoms with Crippen molar-refractivity contribution >= 4 is 35.0 Å². The number of nitrogens with zero attached hydrogens (tertiary/aromatic N) is 2. The highest BCUT2D eigenvalue weighted by atomic mass is 32.2. The molecular formula is C16H18N4O2S. The van der Waals surface area contributed by atoms with Gasteiger partial charge in [-0.25, -0.2) is 0 Å². The van der Waals surface area contributed by atoms with Crippen molar-refractivity contribution in [1.29, 1.82) is 0 Å². The zero-order valence-electron chi connectivity index (χ0n) is 13.2. The lowest BCUT2D eigenvalue weighted by molar-refractivity contribution is -0.126. The van der Waals surface area contributed by atoms with Gasteiger partial charge in [-0.05, 0) is 32.9 Å². The molecule has 1 aliphatic rings. The van der Waals surface area contributed by atoms with Crippen LogP contribution in [0.15, 0.2) is 35.4 Å². The molecule has 0 saturated carbocycles. The number of aromatic nitrogens is 2. The molecule has 2 N–H and O–H groups in total. The van der Waals surface area contributed by atoms with Crippen LogP contribution < -0.4 is 10.6 Å². The number of hydrogen-bond acceptors (Lipinski definition) is 4. The fraction of sp³-hybridized carbons (Fsp3) is 0.312. The minimum Gasteiger partial charge on any atom is -0.323 e. The first kappa shape index (κ1) is 15.6. The number of fused-ring (bicyclic) bond motifs is 1. The number of anilines is 2. The van der Waals surface area contributed by atoms with Crippen molar-refractivity contribution < 1.29 is 9.59 Å². The number of nitrogens with one attached hydrogen (secondary N) is 2. The van der Waals surface area contributed by atoms with Gasteiger partial charge in [0.1, 0.15) is 0 Å². The molecule has 2 heterocycles. The standard InChI is InChI=1S/C16H18N4O2S/c1-4-20-10(2)12(9-17-20)19-15(22)16(3)14(21)18-11-7-5-6-8-13(11)23-16/h5-9H,4H2,1-3H3,(H,18,21)(H,19,22). The van der Waals surface area contributed by atoms with Gasteiger partial charge in [0.25, 0.3) is 0 Å². The lowest BCUT2D eigenvalue weighted by Gasteiger charge is -2.31. The molecule has 0 radical (unpaired) electrons. The minimum absolute atomic E-state index is 0.320. The number of thioether (sulfide) groups is 1. The zero-order chi connectivity index (χ0) is 16.6. The molecule has 2 aromatic rings. The Hall–Kier alpha value is -2.28. The van der Waals surface area contributed by atoms with Crippen LogP contribution in [0.25, 0.3) is 0 Å². The van der Waals surface area contributed by atoms with E-state index in [4.69, 9.17) is 0 Å². The second-order valence-electron chi connectivity index (χ2n) is 5.50. The number of amides is 2. The van der Waals surface area contributed by atoms with E-state index in [9.17, 15) is 9.59 Å². The van der Waals surface area contributed by atoms with Gasteiger partial charge in [0.05, 0.1) is 23.3 Å². The first-order chi connectivity index (χ1) is 11.0. The molecule has 0 saturated heterocycles. The largest absolute Gasteiger partial charge is 0.323 e. The fourth-order valence-corrected chi connectivity index (χ4v) is 3.55. The predicted molar refractivity (Wildman–Crippen MR) is 90.6 cm³/mol. The third-order valence-corrected chi connectivity index (χ3v) is 5.32. The van der Waals surface area contributed by atoms with E-state index in [0.717, 1.165) is 22.8 Å². The third kappa shape index (κ3) is 2.61. The molecule has 120 valence electrons. The lowest BCUT2D eigenvalue weighted by atomic mass is 10.1. The van der Waals surface area contributed by atoms with E-state index in [1.54, 1.807) is 17.8 Å². The number of carbonyl (C=O) groups is 2. The summed E-state index contributed by atoms with van der Waals surface area (Å²) in [6, 6.07) is 7.46. The van der Waals surface area contributed by atoms with Crippen molar-refractivity contribution in [2.24, 2.45) is 0 Å². The summed E-state index contributed by atoms with van der Waals surface area (Å²) in [4.78, 5) is 26.1. The molecule has 0 bridgehead atoms. The average molecular weight is 330 g/mol. The molecule has 1 unspecified atom stereocenters. The van der Waals surface area contributed by atoms with Gasteiger partial charge in [-0.3, -0.25) is 14.3 Å². The molecular weight excluding hydrogens is 312 g/mol. The summed E-state index contributed by atoms with van der Waals surface area (Å²) in [6.07, 6.45) is 1.61. The van der Waals surface area contributed by atoms with Crippen molar-refractivity contribution in [2.45, 2.75) is 37.0 Å². The maximum Gasteiger partial charge on any atom is 0.250 e. The van der Waals surface area contributed by atoms with Crippen molar-refractivity contribution in [3.63, 3.8) is 0 Å². The predicted octanol–water partition coefficient (Wildman–Crippen LogP) is 2.65. The van der Waals surface area contributed by atoms with Gasteiger partial charge in [-0.1, -0.05) is 23.9 Å². The summed E-state index contributed by atoms with van der Waals surface area (Å²) in [6.45, 7) is 6.23. The van der Waals surface area contributed by atoms with Crippen LogP contribution in [-0.2, 0) is 16.1 Å². The second-order valence-corrected chi connectivity index (χ2v) is 6.96. The molecule has 0 fully saturated rings. The van der Waals surface area contributed by atoms with Crippen LogP contribution in [0.4, 0.5) is 11.4 Å². The van der Waals surface area contributed by atoms with E-state index in [-0.39, 0.29) is 11.8 Å². The van der Waals surface area contributed by atoms with E-state index in [2.05, 4.69) is 15.7 Å². The summed E-state index contributed by atoms with van der Waals surface area (Å²) in [5.41, 5.74) is 2.24. The quantitative estimate of drug-likeness (QED) is 0.848. The Bertz CT molecular complexity index is 786. The van der Waals surface area contributed by atoms with Gasteiger partial charge in [-0.2, -0.15) is 5.10 Å². The van der Waals surface area contributed by atoms with E-state index in [0.29, 0.717) is 5.69 Å². The van der Waals surface area contributed by atoms with Crippen molar-refractivity contribution in [2.75, 3.05) is 10.6 Å². The Morgan fingerprint density at radius 1 is 1.43 bits per heavy atom. The molecule has 1 aromatic carbocycles. The van der Waals surface area contributed by atoms with Crippen LogP contribution in [0.3, 0.4) is 0 Å².